The molecule has 1 heterocycles. The van der Waals surface area contributed by atoms with Crippen LogP contribution >= 0.6 is 0 Å². The predicted molar refractivity (Wildman–Crippen MR) is 83.8 cm³/mol. The van der Waals surface area contributed by atoms with Gasteiger partial charge in [0.2, 0.25) is 5.95 Å². The van der Waals surface area contributed by atoms with E-state index < -0.39 is 0 Å². The molecular formula is C15H22N4O2. The molecule has 0 bridgehead atoms. The summed E-state index contributed by atoms with van der Waals surface area (Å²) >= 11 is 0. The zero-order valence-corrected chi connectivity index (χ0v) is 12.2. The van der Waals surface area contributed by atoms with Gasteiger partial charge in [-0.15, -0.1) is 0 Å². The highest BCUT2D eigenvalue weighted by Crippen LogP contribution is 2.23. The van der Waals surface area contributed by atoms with Crippen LogP contribution in [0.5, 0.6) is 0 Å². The lowest BCUT2D eigenvalue weighted by Crippen LogP contribution is -2.18. The SMILES string of the molecule is CCC[C@@H](CO)CNc1nc(N)nc2cc(CO)ccc12. The van der Waals surface area contributed by atoms with Crippen molar-refractivity contribution in [1.29, 1.82) is 0 Å². The van der Waals surface area contributed by atoms with Crippen LogP contribution in [0.25, 0.3) is 10.9 Å². The molecule has 5 N–H and O–H groups in total. The highest BCUT2D eigenvalue weighted by atomic mass is 16.3. The smallest absolute Gasteiger partial charge is 0.222 e. The first-order valence-electron chi connectivity index (χ1n) is 7.19. The Kier molecular flexibility index (Phi) is 5.30. The third-order valence-corrected chi connectivity index (χ3v) is 3.47. The van der Waals surface area contributed by atoms with E-state index in [1.54, 1.807) is 6.07 Å². The van der Waals surface area contributed by atoms with Crippen molar-refractivity contribution in [2.45, 2.75) is 26.4 Å². The maximum atomic E-state index is 9.35. The Morgan fingerprint density at radius 3 is 2.76 bits per heavy atom. The molecule has 1 aromatic heterocycles. The average molecular weight is 290 g/mol. The first-order chi connectivity index (χ1) is 10.2. The summed E-state index contributed by atoms with van der Waals surface area (Å²) in [5.74, 6) is 1.05. The molecule has 0 radical (unpaired) electrons. The van der Waals surface area contributed by atoms with Gasteiger partial charge in [-0.25, -0.2) is 4.98 Å². The molecule has 6 heteroatoms. The molecule has 114 valence electrons. The van der Waals surface area contributed by atoms with E-state index >= 15 is 0 Å². The minimum atomic E-state index is -0.0360. The summed E-state index contributed by atoms with van der Waals surface area (Å²) in [5, 5.41) is 22.6. The van der Waals surface area contributed by atoms with Crippen molar-refractivity contribution in [2.24, 2.45) is 5.92 Å². The van der Waals surface area contributed by atoms with Gasteiger partial charge in [0.25, 0.3) is 0 Å². The number of nitrogens with two attached hydrogens (primary N) is 1. The Balaban J connectivity index is 2.26. The van der Waals surface area contributed by atoms with E-state index in [-0.39, 0.29) is 25.1 Å². The number of rotatable bonds is 7. The van der Waals surface area contributed by atoms with Crippen molar-refractivity contribution in [1.82, 2.24) is 9.97 Å². The summed E-state index contributed by atoms with van der Waals surface area (Å²) < 4.78 is 0. The summed E-state index contributed by atoms with van der Waals surface area (Å²) in [7, 11) is 0. The lowest BCUT2D eigenvalue weighted by atomic mass is 10.1. The molecule has 0 unspecified atom stereocenters. The van der Waals surface area contributed by atoms with Crippen LogP contribution < -0.4 is 11.1 Å². The third kappa shape index (κ3) is 3.80. The lowest BCUT2D eigenvalue weighted by Gasteiger charge is -2.15. The van der Waals surface area contributed by atoms with Crippen LogP contribution in [-0.4, -0.2) is 33.3 Å². The molecule has 21 heavy (non-hydrogen) atoms. The van der Waals surface area contributed by atoms with Crippen molar-refractivity contribution in [3.8, 4) is 0 Å². The lowest BCUT2D eigenvalue weighted by molar-refractivity contribution is 0.225. The van der Waals surface area contributed by atoms with Gasteiger partial charge in [0.05, 0.1) is 12.1 Å². The van der Waals surface area contributed by atoms with E-state index in [4.69, 9.17) is 5.73 Å². The van der Waals surface area contributed by atoms with E-state index in [2.05, 4.69) is 22.2 Å². The number of hydrogen-bond acceptors (Lipinski definition) is 6. The molecule has 0 aliphatic rings. The molecule has 0 amide bonds. The molecule has 1 atom stereocenters. The quantitative estimate of drug-likeness (QED) is 0.616. The minimum Gasteiger partial charge on any atom is -0.396 e. The molecule has 1 aromatic carbocycles. The van der Waals surface area contributed by atoms with E-state index in [9.17, 15) is 10.2 Å². The summed E-state index contributed by atoms with van der Waals surface area (Å²) in [6.07, 6.45) is 1.98. The normalized spacial score (nSPS) is 12.5. The van der Waals surface area contributed by atoms with Crippen LogP contribution in [0.2, 0.25) is 0 Å². The minimum absolute atomic E-state index is 0.0360. The van der Waals surface area contributed by atoms with Gasteiger partial charge < -0.3 is 21.3 Å². The summed E-state index contributed by atoms with van der Waals surface area (Å²) in [6.45, 7) is 2.84. The van der Waals surface area contributed by atoms with Crippen molar-refractivity contribution in [3.05, 3.63) is 23.8 Å². The van der Waals surface area contributed by atoms with Crippen LogP contribution in [0.1, 0.15) is 25.3 Å². The van der Waals surface area contributed by atoms with Gasteiger partial charge in [-0.1, -0.05) is 19.4 Å². The molecule has 0 aliphatic carbocycles. The fourth-order valence-corrected chi connectivity index (χ4v) is 2.33. The average Bonchev–Trinajstić information content (AvgIpc) is 2.50. The van der Waals surface area contributed by atoms with Crippen LogP contribution in [0, 0.1) is 5.92 Å². The van der Waals surface area contributed by atoms with Crippen LogP contribution in [0.3, 0.4) is 0 Å². The number of aliphatic hydroxyl groups excluding tert-OH is 2. The second-order valence-corrected chi connectivity index (χ2v) is 5.16. The summed E-state index contributed by atoms with van der Waals surface area (Å²) in [4.78, 5) is 8.43. The standard InChI is InChI=1S/C15H22N4O2/c1-2-3-11(9-21)7-17-14-12-5-4-10(8-20)6-13(12)18-15(16)19-14/h4-6,11,20-21H,2-3,7-9H2,1H3,(H3,16,17,18,19)/t11-/m1/s1. The van der Waals surface area contributed by atoms with Gasteiger partial charge in [0.1, 0.15) is 5.82 Å². The third-order valence-electron chi connectivity index (χ3n) is 3.47. The monoisotopic (exact) mass is 290 g/mol. The molecule has 2 aromatic rings. The summed E-state index contributed by atoms with van der Waals surface area (Å²) in [5.41, 5.74) is 7.22. The van der Waals surface area contributed by atoms with E-state index in [0.29, 0.717) is 17.9 Å². The Labute approximate surface area is 124 Å². The number of nitrogens with zero attached hydrogens (tertiary/aromatic N) is 2. The number of hydrogen-bond donors (Lipinski definition) is 4. The Hall–Kier alpha value is -1.92. The number of aromatic nitrogens is 2. The molecule has 0 fully saturated rings. The Morgan fingerprint density at radius 1 is 1.29 bits per heavy atom. The maximum absolute atomic E-state index is 9.35. The van der Waals surface area contributed by atoms with Crippen LogP contribution in [-0.2, 0) is 6.61 Å². The molecular weight excluding hydrogens is 268 g/mol. The Bertz CT molecular complexity index is 603. The summed E-state index contributed by atoms with van der Waals surface area (Å²) in [6, 6.07) is 5.51. The first-order valence-corrected chi connectivity index (χ1v) is 7.19. The number of benzene rings is 1. The zero-order chi connectivity index (χ0) is 15.2. The second kappa shape index (κ2) is 7.19. The molecule has 0 spiro atoms. The number of fused-ring (bicyclic) bond motifs is 1. The van der Waals surface area contributed by atoms with Crippen molar-refractivity contribution in [2.75, 3.05) is 24.2 Å². The number of aliphatic hydroxyl groups is 2. The maximum Gasteiger partial charge on any atom is 0.222 e. The topological polar surface area (TPSA) is 104 Å². The van der Waals surface area contributed by atoms with Crippen molar-refractivity contribution < 1.29 is 10.2 Å². The fourth-order valence-electron chi connectivity index (χ4n) is 2.33. The van der Waals surface area contributed by atoms with Gasteiger partial charge >= 0.3 is 0 Å². The number of nitrogen functional groups attached to an aromatic ring is 1. The Morgan fingerprint density at radius 2 is 2.10 bits per heavy atom. The zero-order valence-electron chi connectivity index (χ0n) is 12.2. The first kappa shape index (κ1) is 15.5. The van der Waals surface area contributed by atoms with E-state index in [0.717, 1.165) is 23.8 Å². The fraction of sp³-hybridized carbons (Fsp3) is 0.467. The van der Waals surface area contributed by atoms with E-state index in [1.807, 2.05) is 12.1 Å². The van der Waals surface area contributed by atoms with Crippen LogP contribution in [0.15, 0.2) is 18.2 Å². The number of nitrogens with one attached hydrogen (secondary N) is 1. The molecule has 2 rings (SSSR count). The molecule has 0 saturated carbocycles. The molecule has 0 saturated heterocycles. The van der Waals surface area contributed by atoms with Gasteiger partial charge in [-0.3, -0.25) is 0 Å². The van der Waals surface area contributed by atoms with Gasteiger partial charge in [-0.05, 0) is 30.0 Å². The van der Waals surface area contributed by atoms with Gasteiger partial charge in [0, 0.05) is 18.5 Å². The number of anilines is 2. The van der Waals surface area contributed by atoms with Crippen LogP contribution in [0.4, 0.5) is 11.8 Å². The highest BCUT2D eigenvalue weighted by Gasteiger charge is 2.10. The van der Waals surface area contributed by atoms with Crippen molar-refractivity contribution in [3.63, 3.8) is 0 Å². The second-order valence-electron chi connectivity index (χ2n) is 5.16. The van der Waals surface area contributed by atoms with Gasteiger partial charge in [0.15, 0.2) is 0 Å². The highest BCUT2D eigenvalue weighted by molar-refractivity contribution is 5.90. The molecule has 0 aliphatic heterocycles. The molecule has 6 nitrogen and oxygen atoms in total. The largest absolute Gasteiger partial charge is 0.396 e. The predicted octanol–water partition coefficient (Wildman–Crippen LogP) is 1.52. The van der Waals surface area contributed by atoms with Gasteiger partial charge in [-0.2, -0.15) is 4.98 Å². The van der Waals surface area contributed by atoms with E-state index in [1.165, 1.54) is 0 Å². The van der Waals surface area contributed by atoms with Crippen molar-refractivity contribution >= 4 is 22.7 Å².